The summed E-state index contributed by atoms with van der Waals surface area (Å²) in [6.07, 6.45) is 0. The smallest absolute Gasteiger partial charge is 0.338 e. The van der Waals surface area contributed by atoms with Crippen LogP contribution in [0, 0.1) is 0 Å². The average Bonchev–Trinajstić information content (AvgIpc) is 2.60. The molecule has 1 N–H and O–H groups in total. The second kappa shape index (κ2) is 8.93. The Labute approximate surface area is 145 Å². The number of halogens is 1. The van der Waals surface area contributed by atoms with Gasteiger partial charge in [0.1, 0.15) is 12.4 Å². The Balaban J connectivity index is 1.75. The number of rotatable bonds is 7. The molecule has 6 heteroatoms. The zero-order valence-electron chi connectivity index (χ0n) is 13.3. The van der Waals surface area contributed by atoms with Crippen LogP contribution in [0.2, 0.25) is 5.02 Å². The summed E-state index contributed by atoms with van der Waals surface area (Å²) in [5.74, 6) is 0.0657. The molecule has 0 bridgehead atoms. The van der Waals surface area contributed by atoms with Crippen molar-refractivity contribution in [3.05, 3.63) is 64.7 Å². The van der Waals surface area contributed by atoms with E-state index < -0.39 is 0 Å². The highest BCUT2D eigenvalue weighted by molar-refractivity contribution is 6.30. The van der Waals surface area contributed by atoms with Crippen molar-refractivity contribution >= 4 is 23.5 Å². The molecule has 5 nitrogen and oxygen atoms in total. The minimum Gasteiger partial charge on any atom is -0.492 e. The van der Waals surface area contributed by atoms with Gasteiger partial charge in [0.2, 0.25) is 0 Å². The lowest BCUT2D eigenvalue weighted by molar-refractivity contribution is 0.0526. The molecule has 2 rings (SSSR count). The van der Waals surface area contributed by atoms with Crippen molar-refractivity contribution in [2.45, 2.75) is 6.92 Å². The summed E-state index contributed by atoms with van der Waals surface area (Å²) in [5, 5.41) is 3.34. The fourth-order valence-corrected chi connectivity index (χ4v) is 2.06. The molecular weight excluding hydrogens is 330 g/mol. The van der Waals surface area contributed by atoms with Crippen LogP contribution in [-0.2, 0) is 4.74 Å². The van der Waals surface area contributed by atoms with Gasteiger partial charge in [0.05, 0.1) is 18.7 Å². The molecule has 24 heavy (non-hydrogen) atoms. The van der Waals surface area contributed by atoms with Gasteiger partial charge in [-0.25, -0.2) is 4.79 Å². The van der Waals surface area contributed by atoms with E-state index >= 15 is 0 Å². The molecule has 0 heterocycles. The highest BCUT2D eigenvalue weighted by Crippen LogP contribution is 2.13. The van der Waals surface area contributed by atoms with Crippen LogP contribution in [0.4, 0.5) is 0 Å². The third kappa shape index (κ3) is 5.28. The van der Waals surface area contributed by atoms with E-state index in [4.69, 9.17) is 21.1 Å². The van der Waals surface area contributed by atoms with E-state index in [0.29, 0.717) is 41.7 Å². The Kier molecular flexibility index (Phi) is 6.63. The number of carbonyl (C=O) groups is 2. The molecule has 0 saturated carbocycles. The summed E-state index contributed by atoms with van der Waals surface area (Å²) in [6.45, 7) is 2.78. The zero-order chi connectivity index (χ0) is 17.4. The molecule has 0 radical (unpaired) electrons. The van der Waals surface area contributed by atoms with Crippen LogP contribution >= 0.6 is 11.6 Å². The largest absolute Gasteiger partial charge is 0.492 e. The van der Waals surface area contributed by atoms with E-state index in [2.05, 4.69) is 5.32 Å². The summed E-state index contributed by atoms with van der Waals surface area (Å²) in [6, 6.07) is 13.3. The number of hydrogen-bond acceptors (Lipinski definition) is 4. The molecule has 2 aromatic rings. The van der Waals surface area contributed by atoms with Crippen molar-refractivity contribution in [3.63, 3.8) is 0 Å². The number of amides is 1. The van der Waals surface area contributed by atoms with Crippen LogP contribution < -0.4 is 10.1 Å². The van der Waals surface area contributed by atoms with Crippen molar-refractivity contribution in [2.24, 2.45) is 0 Å². The van der Waals surface area contributed by atoms with Crippen molar-refractivity contribution in [1.82, 2.24) is 5.32 Å². The highest BCUT2D eigenvalue weighted by atomic mass is 35.5. The van der Waals surface area contributed by atoms with Gasteiger partial charge in [0, 0.05) is 10.6 Å². The Morgan fingerprint density at radius 1 is 1.00 bits per heavy atom. The van der Waals surface area contributed by atoms with E-state index in [1.54, 1.807) is 55.5 Å². The first-order chi connectivity index (χ1) is 11.6. The first kappa shape index (κ1) is 17.8. The molecule has 0 aliphatic carbocycles. The Morgan fingerprint density at radius 3 is 2.25 bits per heavy atom. The van der Waals surface area contributed by atoms with Gasteiger partial charge in [-0.05, 0) is 55.5 Å². The van der Waals surface area contributed by atoms with Gasteiger partial charge in [0.25, 0.3) is 5.91 Å². The van der Waals surface area contributed by atoms with Gasteiger partial charge in [-0.15, -0.1) is 0 Å². The molecule has 0 aliphatic rings. The molecule has 0 aliphatic heterocycles. The summed E-state index contributed by atoms with van der Waals surface area (Å²) in [5.41, 5.74) is 1.01. The molecule has 0 fully saturated rings. The second-order valence-electron chi connectivity index (χ2n) is 4.86. The maximum absolute atomic E-state index is 11.9. The number of hydrogen-bond donors (Lipinski definition) is 1. The summed E-state index contributed by atoms with van der Waals surface area (Å²) < 4.78 is 10.4. The van der Waals surface area contributed by atoms with Gasteiger partial charge in [-0.3, -0.25) is 4.79 Å². The molecule has 0 atom stereocenters. The summed E-state index contributed by atoms with van der Waals surface area (Å²) >= 11 is 5.78. The third-order valence-electron chi connectivity index (χ3n) is 3.13. The van der Waals surface area contributed by atoms with Gasteiger partial charge in [-0.2, -0.15) is 0 Å². The van der Waals surface area contributed by atoms with E-state index in [1.807, 2.05) is 0 Å². The van der Waals surface area contributed by atoms with Crippen molar-refractivity contribution in [3.8, 4) is 5.75 Å². The molecule has 0 unspecified atom stereocenters. The first-order valence-electron chi connectivity index (χ1n) is 7.54. The highest BCUT2D eigenvalue weighted by Gasteiger charge is 2.06. The normalized spacial score (nSPS) is 10.1. The maximum atomic E-state index is 11.9. The van der Waals surface area contributed by atoms with Gasteiger partial charge in [0.15, 0.2) is 0 Å². The maximum Gasteiger partial charge on any atom is 0.338 e. The lowest BCUT2D eigenvalue weighted by atomic mass is 10.2. The minimum absolute atomic E-state index is 0.187. The molecule has 1 amide bonds. The Hall–Kier alpha value is -2.53. The van der Waals surface area contributed by atoms with E-state index in [0.717, 1.165) is 0 Å². The number of nitrogens with one attached hydrogen (secondary N) is 1. The minimum atomic E-state index is -0.362. The third-order valence-corrected chi connectivity index (χ3v) is 3.38. The SMILES string of the molecule is CCOC(=O)c1ccc(OCCNC(=O)c2ccc(Cl)cc2)cc1. The first-order valence-corrected chi connectivity index (χ1v) is 7.91. The molecule has 2 aromatic carbocycles. The second-order valence-corrected chi connectivity index (χ2v) is 5.29. The lowest BCUT2D eigenvalue weighted by Gasteiger charge is -2.08. The quantitative estimate of drug-likeness (QED) is 0.616. The van der Waals surface area contributed by atoms with Crippen molar-refractivity contribution in [1.29, 1.82) is 0 Å². The lowest BCUT2D eigenvalue weighted by Crippen LogP contribution is -2.28. The molecule has 0 spiro atoms. The monoisotopic (exact) mass is 347 g/mol. The number of esters is 1. The van der Waals surface area contributed by atoms with Crippen LogP contribution in [0.3, 0.4) is 0 Å². The fraction of sp³-hybridized carbons (Fsp3) is 0.222. The van der Waals surface area contributed by atoms with Gasteiger partial charge in [-0.1, -0.05) is 11.6 Å². The van der Waals surface area contributed by atoms with E-state index in [9.17, 15) is 9.59 Å². The van der Waals surface area contributed by atoms with Crippen molar-refractivity contribution in [2.75, 3.05) is 19.8 Å². The standard InChI is InChI=1S/C18H18ClNO4/c1-2-23-18(22)14-5-9-16(10-6-14)24-12-11-20-17(21)13-3-7-15(19)8-4-13/h3-10H,2,11-12H2,1H3,(H,20,21). The van der Waals surface area contributed by atoms with Gasteiger partial charge >= 0.3 is 5.97 Å². The Bertz CT molecular complexity index is 683. The predicted molar refractivity (Wildman–Crippen MR) is 91.7 cm³/mol. The number of benzene rings is 2. The van der Waals surface area contributed by atoms with Gasteiger partial charge < -0.3 is 14.8 Å². The van der Waals surface area contributed by atoms with E-state index in [1.165, 1.54) is 0 Å². The molecule has 0 saturated heterocycles. The van der Waals surface area contributed by atoms with Crippen LogP contribution in [-0.4, -0.2) is 31.6 Å². The zero-order valence-corrected chi connectivity index (χ0v) is 14.0. The van der Waals surface area contributed by atoms with Crippen LogP contribution in [0.15, 0.2) is 48.5 Å². The van der Waals surface area contributed by atoms with Crippen LogP contribution in [0.25, 0.3) is 0 Å². The predicted octanol–water partition coefficient (Wildman–Crippen LogP) is 3.33. The van der Waals surface area contributed by atoms with Crippen molar-refractivity contribution < 1.29 is 19.1 Å². The van der Waals surface area contributed by atoms with Crippen LogP contribution in [0.1, 0.15) is 27.6 Å². The molecule has 126 valence electrons. The molecular formula is C18H18ClNO4. The summed E-state index contributed by atoms with van der Waals surface area (Å²) in [7, 11) is 0. The number of ether oxygens (including phenoxy) is 2. The number of carbonyl (C=O) groups excluding carboxylic acids is 2. The molecule has 0 aromatic heterocycles. The Morgan fingerprint density at radius 2 is 1.62 bits per heavy atom. The van der Waals surface area contributed by atoms with E-state index in [-0.39, 0.29) is 11.9 Å². The topological polar surface area (TPSA) is 64.6 Å². The summed E-state index contributed by atoms with van der Waals surface area (Å²) in [4.78, 5) is 23.4. The average molecular weight is 348 g/mol. The van der Waals surface area contributed by atoms with Crippen LogP contribution in [0.5, 0.6) is 5.75 Å². The fourth-order valence-electron chi connectivity index (χ4n) is 1.94.